The molecule has 0 saturated carbocycles. The predicted molar refractivity (Wildman–Crippen MR) is 92.4 cm³/mol. The third kappa shape index (κ3) is 3.27. The van der Waals surface area contributed by atoms with Gasteiger partial charge in [0.2, 0.25) is 0 Å². The Labute approximate surface area is 138 Å². The molecule has 1 aromatic heterocycles. The van der Waals surface area contributed by atoms with E-state index in [1.54, 1.807) is 41.4 Å². The summed E-state index contributed by atoms with van der Waals surface area (Å²) in [6.45, 7) is 2.42. The Morgan fingerprint density at radius 3 is 2.74 bits per heavy atom. The van der Waals surface area contributed by atoms with E-state index >= 15 is 0 Å². The van der Waals surface area contributed by atoms with E-state index in [9.17, 15) is 9.90 Å². The summed E-state index contributed by atoms with van der Waals surface area (Å²) in [5.74, 6) is 0.590. The van der Waals surface area contributed by atoms with Crippen LogP contribution in [0.1, 0.15) is 12.5 Å². The third-order valence-corrected chi connectivity index (χ3v) is 4.29. The van der Waals surface area contributed by atoms with Crippen molar-refractivity contribution in [1.82, 2.24) is 9.88 Å². The van der Waals surface area contributed by atoms with Crippen LogP contribution in [-0.4, -0.2) is 32.6 Å². The van der Waals surface area contributed by atoms with Gasteiger partial charge in [0.1, 0.15) is 5.75 Å². The summed E-state index contributed by atoms with van der Waals surface area (Å²) >= 11 is 1.29. The highest BCUT2D eigenvalue weighted by molar-refractivity contribution is 8.18. The summed E-state index contributed by atoms with van der Waals surface area (Å²) in [4.78, 5) is 23.2. The van der Waals surface area contributed by atoms with Crippen LogP contribution in [0.3, 0.4) is 0 Å². The molecule has 116 valence electrons. The quantitative estimate of drug-likeness (QED) is 0.878. The number of likely N-dealkylation sites (N-methyl/N-ethyl adjacent to an activating group) is 1. The summed E-state index contributed by atoms with van der Waals surface area (Å²) in [5, 5.41) is 10.5. The normalized spacial score (nSPS) is 18.1. The summed E-state index contributed by atoms with van der Waals surface area (Å²) < 4.78 is 0. The van der Waals surface area contributed by atoms with Gasteiger partial charge in [0, 0.05) is 18.3 Å². The lowest BCUT2D eigenvalue weighted by molar-refractivity contribution is -0.122. The molecular weight excluding hydrogens is 310 g/mol. The fourth-order valence-corrected chi connectivity index (χ4v) is 3.18. The van der Waals surface area contributed by atoms with Gasteiger partial charge in [-0.15, -0.1) is 0 Å². The van der Waals surface area contributed by atoms with Crippen LogP contribution in [0.15, 0.2) is 58.6 Å². The number of amides is 1. The van der Waals surface area contributed by atoms with Gasteiger partial charge in [-0.25, -0.2) is 9.98 Å². The molecule has 3 rings (SSSR count). The zero-order chi connectivity index (χ0) is 16.2. The molecule has 0 aliphatic carbocycles. The molecule has 0 spiro atoms. The molecule has 6 heteroatoms. The Bertz CT molecular complexity index is 787. The first-order valence-electron chi connectivity index (χ1n) is 7.18. The molecule has 1 aliphatic heterocycles. The lowest BCUT2D eigenvalue weighted by Crippen LogP contribution is -2.28. The second-order valence-corrected chi connectivity index (χ2v) is 5.81. The van der Waals surface area contributed by atoms with E-state index in [1.165, 1.54) is 11.8 Å². The van der Waals surface area contributed by atoms with E-state index in [0.717, 1.165) is 0 Å². The number of phenolic OH excluding ortho intramolecular Hbond substituents is 1. The van der Waals surface area contributed by atoms with Crippen molar-refractivity contribution in [2.45, 2.75) is 6.92 Å². The highest BCUT2D eigenvalue weighted by Gasteiger charge is 2.32. The average Bonchev–Trinajstić information content (AvgIpc) is 2.85. The number of rotatable bonds is 3. The number of aliphatic imine (C=N–C) groups is 1. The monoisotopic (exact) mass is 325 g/mol. The number of carbonyl (C=O) groups is 1. The van der Waals surface area contributed by atoms with Crippen molar-refractivity contribution in [3.8, 4) is 5.75 Å². The first-order chi connectivity index (χ1) is 11.2. The van der Waals surface area contributed by atoms with Crippen molar-refractivity contribution in [1.29, 1.82) is 0 Å². The Hall–Kier alpha value is -2.60. The van der Waals surface area contributed by atoms with E-state index in [2.05, 4.69) is 9.98 Å². The number of nitrogens with zero attached hydrogens (tertiary/aromatic N) is 3. The Morgan fingerprint density at radius 1 is 1.26 bits per heavy atom. The highest BCUT2D eigenvalue weighted by atomic mass is 32.2. The van der Waals surface area contributed by atoms with Gasteiger partial charge >= 0.3 is 0 Å². The lowest BCUT2D eigenvalue weighted by atomic mass is 10.2. The minimum absolute atomic E-state index is 0.115. The van der Waals surface area contributed by atoms with E-state index in [1.807, 2.05) is 25.1 Å². The maximum absolute atomic E-state index is 12.5. The van der Waals surface area contributed by atoms with Crippen molar-refractivity contribution >= 4 is 34.7 Å². The number of phenols is 1. The van der Waals surface area contributed by atoms with E-state index < -0.39 is 0 Å². The fourth-order valence-electron chi connectivity index (χ4n) is 2.14. The summed E-state index contributed by atoms with van der Waals surface area (Å²) in [6, 6.07) is 12.4. The molecule has 1 amide bonds. The van der Waals surface area contributed by atoms with Gasteiger partial charge in [-0.1, -0.05) is 24.3 Å². The predicted octanol–water partition coefficient (Wildman–Crippen LogP) is 3.41. The maximum atomic E-state index is 12.5. The van der Waals surface area contributed by atoms with Crippen molar-refractivity contribution in [3.05, 3.63) is 59.1 Å². The largest absolute Gasteiger partial charge is 0.507 e. The van der Waals surface area contributed by atoms with Crippen LogP contribution < -0.4 is 0 Å². The van der Waals surface area contributed by atoms with Crippen LogP contribution in [0.25, 0.3) is 6.08 Å². The van der Waals surface area contributed by atoms with Crippen LogP contribution in [0, 0.1) is 0 Å². The molecule has 0 atom stereocenters. The molecule has 1 saturated heterocycles. The molecular formula is C17H15N3O2S. The van der Waals surface area contributed by atoms with Gasteiger partial charge < -0.3 is 5.11 Å². The molecule has 2 heterocycles. The highest BCUT2D eigenvalue weighted by Crippen LogP contribution is 2.34. The van der Waals surface area contributed by atoms with E-state index in [-0.39, 0.29) is 11.7 Å². The maximum Gasteiger partial charge on any atom is 0.266 e. The van der Waals surface area contributed by atoms with Crippen molar-refractivity contribution in [2.75, 3.05) is 6.54 Å². The second-order valence-electron chi connectivity index (χ2n) is 4.80. The standard InChI is InChI=1S/C17H15N3O2S/c1-2-20-16(22)14(11-12-7-3-4-8-13(12)21)23-17(20)19-15-9-5-6-10-18-15/h3-11,21H,2H2,1H3/b14-11-,19-17+. The van der Waals surface area contributed by atoms with E-state index in [4.69, 9.17) is 0 Å². The first-order valence-corrected chi connectivity index (χ1v) is 8.00. The van der Waals surface area contributed by atoms with E-state index in [0.29, 0.717) is 28.0 Å². The Kier molecular flexibility index (Phi) is 4.43. The number of aromatic hydroxyl groups is 1. The zero-order valence-electron chi connectivity index (χ0n) is 12.5. The summed E-state index contributed by atoms with van der Waals surface area (Å²) in [6.07, 6.45) is 3.35. The molecule has 1 N–H and O–H groups in total. The Morgan fingerprint density at radius 2 is 2.04 bits per heavy atom. The van der Waals surface area contributed by atoms with Crippen LogP contribution >= 0.6 is 11.8 Å². The van der Waals surface area contributed by atoms with Gasteiger partial charge in [-0.3, -0.25) is 9.69 Å². The van der Waals surface area contributed by atoms with Crippen LogP contribution in [0.4, 0.5) is 5.82 Å². The minimum Gasteiger partial charge on any atom is -0.507 e. The second kappa shape index (κ2) is 6.66. The number of benzene rings is 1. The lowest BCUT2D eigenvalue weighted by Gasteiger charge is -2.11. The summed E-state index contributed by atoms with van der Waals surface area (Å²) in [5.41, 5.74) is 0.610. The van der Waals surface area contributed by atoms with Crippen molar-refractivity contribution < 1.29 is 9.90 Å². The average molecular weight is 325 g/mol. The minimum atomic E-state index is -0.115. The zero-order valence-corrected chi connectivity index (χ0v) is 13.3. The van der Waals surface area contributed by atoms with Gasteiger partial charge in [0.05, 0.1) is 4.91 Å². The first kappa shape index (κ1) is 15.3. The molecule has 5 nitrogen and oxygen atoms in total. The third-order valence-electron chi connectivity index (χ3n) is 3.29. The molecule has 23 heavy (non-hydrogen) atoms. The van der Waals surface area contributed by atoms with Gasteiger partial charge in [-0.05, 0) is 43.0 Å². The molecule has 2 aromatic rings. The van der Waals surface area contributed by atoms with Gasteiger partial charge in [0.15, 0.2) is 11.0 Å². The summed E-state index contributed by atoms with van der Waals surface area (Å²) in [7, 11) is 0. The molecule has 1 aromatic carbocycles. The van der Waals surface area contributed by atoms with Crippen LogP contribution in [-0.2, 0) is 4.79 Å². The topological polar surface area (TPSA) is 65.8 Å². The number of pyridine rings is 1. The molecule has 1 fully saturated rings. The number of thioether (sulfide) groups is 1. The molecule has 1 aliphatic rings. The number of hydrogen-bond donors (Lipinski definition) is 1. The fraction of sp³-hybridized carbons (Fsp3) is 0.118. The molecule has 0 radical (unpaired) electrons. The van der Waals surface area contributed by atoms with Gasteiger partial charge in [0.25, 0.3) is 5.91 Å². The van der Waals surface area contributed by atoms with Crippen molar-refractivity contribution in [3.63, 3.8) is 0 Å². The number of carbonyl (C=O) groups excluding carboxylic acids is 1. The number of para-hydroxylation sites is 1. The molecule has 0 bridgehead atoms. The molecule has 0 unspecified atom stereocenters. The smallest absolute Gasteiger partial charge is 0.266 e. The Balaban J connectivity index is 1.95. The number of amidine groups is 1. The number of aromatic nitrogens is 1. The number of hydrogen-bond acceptors (Lipinski definition) is 5. The SMILES string of the molecule is CCN1C(=O)/C(=C/c2ccccc2O)S/C1=N/c1ccccn1. The van der Waals surface area contributed by atoms with Crippen LogP contribution in [0.2, 0.25) is 0 Å². The van der Waals surface area contributed by atoms with Gasteiger partial charge in [-0.2, -0.15) is 0 Å². The van der Waals surface area contributed by atoms with Crippen LogP contribution in [0.5, 0.6) is 5.75 Å². The van der Waals surface area contributed by atoms with Crippen molar-refractivity contribution in [2.24, 2.45) is 4.99 Å².